The minimum atomic E-state index is -0.312. The van der Waals surface area contributed by atoms with Crippen LogP contribution >= 0.6 is 0 Å². The minimum Gasteiger partial charge on any atom is -0.367 e. The molecule has 2 aromatic carbocycles. The molecule has 0 radical (unpaired) electrons. The van der Waals surface area contributed by atoms with Crippen molar-refractivity contribution in [1.29, 1.82) is 0 Å². The van der Waals surface area contributed by atoms with Crippen molar-refractivity contribution in [3.8, 4) is 22.5 Å². The third-order valence-corrected chi connectivity index (χ3v) is 7.29. The van der Waals surface area contributed by atoms with Gasteiger partial charge in [-0.15, -0.1) is 0 Å². The van der Waals surface area contributed by atoms with E-state index in [-0.39, 0.29) is 23.5 Å². The Kier molecular flexibility index (Phi) is 6.06. The first-order chi connectivity index (χ1) is 18.4. The molecule has 2 aliphatic rings. The maximum atomic E-state index is 13.6. The third-order valence-electron chi connectivity index (χ3n) is 7.29. The van der Waals surface area contributed by atoms with Gasteiger partial charge in [-0.3, -0.25) is 14.0 Å². The molecule has 38 heavy (non-hydrogen) atoms. The lowest BCUT2D eigenvalue weighted by Gasteiger charge is -2.14. The predicted molar refractivity (Wildman–Crippen MR) is 143 cm³/mol. The van der Waals surface area contributed by atoms with Gasteiger partial charge in [0.2, 0.25) is 5.91 Å². The molecule has 1 saturated carbocycles. The summed E-state index contributed by atoms with van der Waals surface area (Å²) in [5.74, 6) is 0.558. The smallest absolute Gasteiger partial charge is 0.251 e. The molecule has 8 nitrogen and oxygen atoms in total. The van der Waals surface area contributed by atoms with Gasteiger partial charge in [0.25, 0.3) is 5.91 Å². The van der Waals surface area contributed by atoms with Gasteiger partial charge in [0.15, 0.2) is 11.5 Å². The quantitative estimate of drug-likeness (QED) is 0.386. The number of carbonyl (C=O) groups excluding carboxylic acids is 2. The van der Waals surface area contributed by atoms with E-state index in [2.05, 4.69) is 15.6 Å². The number of fused-ring (bicyclic) bond motifs is 1. The van der Waals surface area contributed by atoms with Gasteiger partial charge < -0.3 is 15.5 Å². The topological polar surface area (TPSA) is 91.6 Å². The van der Waals surface area contributed by atoms with Gasteiger partial charge in [-0.25, -0.2) is 14.4 Å². The number of rotatable bonds is 7. The summed E-state index contributed by atoms with van der Waals surface area (Å²) in [7, 11) is 1.82. The van der Waals surface area contributed by atoms with E-state index in [1.54, 1.807) is 23.2 Å². The standard InChI is InChI=1S/C29H29FN6O2/c1-17-11-20(5-10-23(17)29(38)33-22-8-9-22)25-14-32-28-27(31-13-18-12-26(37)35(2)15-18)34-24(16-36(25)28)19-3-6-21(30)7-4-19/h3-7,10-11,14,16,18,22H,8-9,12-13,15H2,1-2H3,(H,31,34)(H,33,38). The van der Waals surface area contributed by atoms with Gasteiger partial charge in [-0.05, 0) is 61.7 Å². The third kappa shape index (κ3) is 4.71. The van der Waals surface area contributed by atoms with Gasteiger partial charge in [0.05, 0.1) is 17.6 Å². The van der Waals surface area contributed by atoms with Crippen LogP contribution in [0, 0.1) is 18.7 Å². The Bertz CT molecular complexity index is 1540. The molecule has 1 aliphatic carbocycles. The molecule has 2 N–H and O–H groups in total. The Hall–Kier alpha value is -4.27. The summed E-state index contributed by atoms with van der Waals surface area (Å²) in [6, 6.07) is 12.3. The number of hydrogen-bond acceptors (Lipinski definition) is 5. The van der Waals surface area contributed by atoms with Gasteiger partial charge >= 0.3 is 0 Å². The Morgan fingerprint density at radius 3 is 2.58 bits per heavy atom. The maximum absolute atomic E-state index is 13.6. The zero-order valence-corrected chi connectivity index (χ0v) is 21.4. The number of likely N-dealkylation sites (tertiary alicyclic amines) is 1. The lowest BCUT2D eigenvalue weighted by molar-refractivity contribution is -0.126. The molecule has 4 aromatic rings. The Morgan fingerprint density at radius 2 is 1.89 bits per heavy atom. The predicted octanol–water partition coefficient (Wildman–Crippen LogP) is 4.29. The van der Waals surface area contributed by atoms with E-state index in [9.17, 15) is 14.0 Å². The molecule has 6 rings (SSSR count). The Balaban J connectivity index is 1.37. The number of nitrogens with one attached hydrogen (secondary N) is 2. The van der Waals surface area contributed by atoms with E-state index in [1.807, 2.05) is 42.8 Å². The van der Waals surface area contributed by atoms with Gasteiger partial charge in [-0.2, -0.15) is 0 Å². The zero-order chi connectivity index (χ0) is 26.4. The number of benzene rings is 2. The van der Waals surface area contributed by atoms with Gasteiger partial charge in [0, 0.05) is 61.4 Å². The SMILES string of the molecule is Cc1cc(-c2cnc3c(NCC4CC(=O)N(C)C4)nc(-c4ccc(F)cc4)cn23)ccc1C(=O)NC1CC1. The molecule has 1 saturated heterocycles. The highest BCUT2D eigenvalue weighted by Crippen LogP contribution is 2.30. The van der Waals surface area contributed by atoms with E-state index in [0.29, 0.717) is 48.3 Å². The summed E-state index contributed by atoms with van der Waals surface area (Å²) >= 11 is 0. The number of halogens is 1. The van der Waals surface area contributed by atoms with E-state index in [0.717, 1.165) is 35.2 Å². The Morgan fingerprint density at radius 1 is 1.13 bits per heavy atom. The van der Waals surface area contributed by atoms with Crippen LogP contribution in [-0.2, 0) is 4.79 Å². The van der Waals surface area contributed by atoms with Crippen LogP contribution in [0.3, 0.4) is 0 Å². The molecule has 1 unspecified atom stereocenters. The molecule has 1 aliphatic heterocycles. The molecule has 9 heteroatoms. The Labute approximate surface area is 219 Å². The number of amides is 2. The monoisotopic (exact) mass is 512 g/mol. The number of hydrogen-bond donors (Lipinski definition) is 2. The molecular formula is C29H29FN6O2. The largest absolute Gasteiger partial charge is 0.367 e. The fourth-order valence-electron chi connectivity index (χ4n) is 4.98. The van der Waals surface area contributed by atoms with Crippen LogP contribution in [0.2, 0.25) is 0 Å². The molecule has 0 spiro atoms. The van der Waals surface area contributed by atoms with Crippen LogP contribution in [0.15, 0.2) is 54.9 Å². The molecule has 3 heterocycles. The number of carbonyl (C=O) groups is 2. The number of anilines is 1. The number of nitrogens with zero attached hydrogens (tertiary/aromatic N) is 4. The van der Waals surface area contributed by atoms with Crippen molar-refractivity contribution in [1.82, 2.24) is 24.6 Å². The lowest BCUT2D eigenvalue weighted by Crippen LogP contribution is -2.26. The minimum absolute atomic E-state index is 0.0417. The van der Waals surface area contributed by atoms with E-state index in [4.69, 9.17) is 4.98 Å². The normalized spacial score (nSPS) is 17.3. The summed E-state index contributed by atoms with van der Waals surface area (Å²) in [6.45, 7) is 3.21. The van der Waals surface area contributed by atoms with Crippen LogP contribution in [0.1, 0.15) is 35.2 Å². The fraction of sp³-hybridized carbons (Fsp3) is 0.310. The van der Waals surface area contributed by atoms with Crippen LogP contribution in [0.4, 0.5) is 10.2 Å². The summed E-state index contributed by atoms with van der Waals surface area (Å²) < 4.78 is 15.6. The molecule has 194 valence electrons. The first-order valence-electron chi connectivity index (χ1n) is 12.9. The fourth-order valence-corrected chi connectivity index (χ4v) is 4.98. The van der Waals surface area contributed by atoms with Crippen LogP contribution < -0.4 is 10.6 Å². The number of aryl methyl sites for hydroxylation is 1. The first kappa shape index (κ1) is 24.1. The second-order valence-corrected chi connectivity index (χ2v) is 10.3. The highest BCUT2D eigenvalue weighted by atomic mass is 19.1. The summed E-state index contributed by atoms with van der Waals surface area (Å²) in [4.78, 5) is 35.9. The van der Waals surface area contributed by atoms with E-state index >= 15 is 0 Å². The van der Waals surface area contributed by atoms with Crippen molar-refractivity contribution < 1.29 is 14.0 Å². The van der Waals surface area contributed by atoms with Crippen molar-refractivity contribution in [3.63, 3.8) is 0 Å². The van der Waals surface area contributed by atoms with Crippen molar-refractivity contribution in [2.45, 2.75) is 32.2 Å². The number of aromatic nitrogens is 3. The van der Waals surface area contributed by atoms with Crippen molar-refractivity contribution in [2.75, 3.05) is 25.5 Å². The summed E-state index contributed by atoms with van der Waals surface area (Å²) in [6.07, 6.45) is 6.27. The molecule has 2 aromatic heterocycles. The van der Waals surface area contributed by atoms with Crippen LogP contribution in [0.25, 0.3) is 28.2 Å². The number of imidazole rings is 1. The van der Waals surface area contributed by atoms with Crippen molar-refractivity contribution in [3.05, 3.63) is 71.8 Å². The zero-order valence-electron chi connectivity index (χ0n) is 21.4. The average molecular weight is 513 g/mol. The summed E-state index contributed by atoms with van der Waals surface area (Å²) in [5.41, 5.74) is 5.41. The van der Waals surface area contributed by atoms with Gasteiger partial charge in [-0.1, -0.05) is 6.07 Å². The molecule has 1 atom stereocenters. The average Bonchev–Trinajstić information content (AvgIpc) is 3.51. The van der Waals surface area contributed by atoms with Crippen molar-refractivity contribution in [2.24, 2.45) is 5.92 Å². The highest BCUT2D eigenvalue weighted by molar-refractivity contribution is 5.96. The maximum Gasteiger partial charge on any atom is 0.251 e. The molecule has 2 amide bonds. The van der Waals surface area contributed by atoms with E-state index in [1.165, 1.54) is 12.1 Å². The molecule has 0 bridgehead atoms. The molecular weight excluding hydrogens is 483 g/mol. The highest BCUT2D eigenvalue weighted by Gasteiger charge is 2.27. The van der Waals surface area contributed by atoms with Crippen LogP contribution in [-0.4, -0.2) is 57.3 Å². The van der Waals surface area contributed by atoms with Crippen molar-refractivity contribution >= 4 is 23.3 Å². The second kappa shape index (κ2) is 9.55. The van der Waals surface area contributed by atoms with Crippen LogP contribution in [0.5, 0.6) is 0 Å². The lowest BCUT2D eigenvalue weighted by atomic mass is 10.0. The van der Waals surface area contributed by atoms with E-state index < -0.39 is 0 Å². The summed E-state index contributed by atoms with van der Waals surface area (Å²) in [5, 5.41) is 6.47. The van der Waals surface area contributed by atoms with Gasteiger partial charge in [0.1, 0.15) is 5.82 Å². The molecule has 2 fully saturated rings. The second-order valence-electron chi connectivity index (χ2n) is 10.3. The first-order valence-corrected chi connectivity index (χ1v) is 12.9.